The van der Waals surface area contributed by atoms with Crippen molar-refractivity contribution < 1.29 is 61.8 Å². The lowest BCUT2D eigenvalue weighted by atomic mass is 9.82. The molecule has 0 saturated heterocycles. The normalized spacial score (nSPS) is 14.0. The van der Waals surface area contributed by atoms with Crippen molar-refractivity contribution in [2.24, 2.45) is 16.9 Å². The van der Waals surface area contributed by atoms with Crippen LogP contribution in [0.4, 0.5) is 8.78 Å². The summed E-state index contributed by atoms with van der Waals surface area (Å²) in [4.78, 5) is 129. The largest absolute Gasteiger partial charge is 0.387 e. The molecule has 69 heavy (non-hydrogen) atoms. The topological polar surface area (TPSA) is 315 Å². The van der Waals surface area contributed by atoms with Crippen LogP contribution in [0.15, 0.2) is 72.9 Å². The van der Waals surface area contributed by atoms with Crippen molar-refractivity contribution >= 4 is 59.1 Å². The molecule has 21 nitrogen and oxygen atoms in total. The molecule has 1 aliphatic heterocycles. The van der Waals surface area contributed by atoms with Gasteiger partial charge in [0.15, 0.2) is 0 Å². The summed E-state index contributed by atoms with van der Waals surface area (Å²) in [6, 6.07) is 7.67. The third kappa shape index (κ3) is 15.6. The van der Waals surface area contributed by atoms with Gasteiger partial charge in [-0.1, -0.05) is 51.1 Å². The summed E-state index contributed by atoms with van der Waals surface area (Å²) in [6.07, 6.45) is 1.63. The number of rotatable bonds is 24. The summed E-state index contributed by atoms with van der Waals surface area (Å²) < 4.78 is 31.6. The Morgan fingerprint density at radius 1 is 0.768 bits per heavy atom. The van der Waals surface area contributed by atoms with Crippen molar-refractivity contribution in [1.29, 1.82) is 0 Å². The van der Waals surface area contributed by atoms with Crippen molar-refractivity contribution in [1.82, 2.24) is 41.0 Å². The SMILES string of the molecule is CC(=O)NC(CC(N)=O)C(=O)NC(CC(N)=O)C(=O)NC(CCN(C(=O)CO)C(c1cc(-c2cc(F)ccc2F)cn1Cc1ccccc1)C(C)(C)C)C(=O)NCCNC(=O)CN1C(=O)C=CC1=O. The molecule has 10 N–H and O–H groups in total. The highest BCUT2D eigenvalue weighted by Gasteiger charge is 2.39. The summed E-state index contributed by atoms with van der Waals surface area (Å²) in [5.41, 5.74) is 11.2. The fourth-order valence-electron chi connectivity index (χ4n) is 7.55. The van der Waals surface area contributed by atoms with E-state index in [0.717, 1.165) is 42.8 Å². The Hall–Kier alpha value is -7.82. The predicted molar refractivity (Wildman–Crippen MR) is 242 cm³/mol. The number of benzene rings is 2. The molecule has 23 heteroatoms. The lowest BCUT2D eigenvalue weighted by Gasteiger charge is -2.41. The van der Waals surface area contributed by atoms with Gasteiger partial charge in [-0.05, 0) is 41.7 Å². The zero-order valence-corrected chi connectivity index (χ0v) is 38.4. The Kier molecular flexibility index (Phi) is 18.9. The molecule has 0 fully saturated rings. The van der Waals surface area contributed by atoms with Crippen LogP contribution in [0.3, 0.4) is 0 Å². The van der Waals surface area contributed by atoms with Gasteiger partial charge in [0.05, 0.1) is 18.9 Å². The molecule has 0 saturated carbocycles. The van der Waals surface area contributed by atoms with Crippen molar-refractivity contribution in [3.63, 3.8) is 0 Å². The average molecular weight is 963 g/mol. The van der Waals surface area contributed by atoms with Crippen LogP contribution in [-0.2, 0) is 54.5 Å². The number of halogens is 2. The maximum absolute atomic E-state index is 15.3. The van der Waals surface area contributed by atoms with Gasteiger partial charge in [-0.3, -0.25) is 52.8 Å². The molecule has 0 spiro atoms. The third-order valence-corrected chi connectivity index (χ3v) is 10.6. The number of aromatic nitrogens is 1. The Labute approximate surface area is 395 Å². The Morgan fingerprint density at radius 2 is 1.35 bits per heavy atom. The van der Waals surface area contributed by atoms with Gasteiger partial charge in [-0.25, -0.2) is 8.78 Å². The van der Waals surface area contributed by atoms with Gasteiger partial charge < -0.3 is 52.6 Å². The lowest BCUT2D eigenvalue weighted by Crippen LogP contribution is -2.58. The quantitative estimate of drug-likeness (QED) is 0.0405. The molecule has 2 heterocycles. The second kappa shape index (κ2) is 24.3. The summed E-state index contributed by atoms with van der Waals surface area (Å²) >= 11 is 0. The molecular formula is C46H56F2N10O11. The maximum atomic E-state index is 15.3. The first-order valence-corrected chi connectivity index (χ1v) is 21.6. The zero-order chi connectivity index (χ0) is 51.2. The van der Waals surface area contributed by atoms with E-state index < -0.39 is 139 Å². The second-order valence-corrected chi connectivity index (χ2v) is 17.1. The Balaban J connectivity index is 1.71. The molecule has 4 unspecified atom stereocenters. The Bertz CT molecular complexity index is 2440. The predicted octanol–water partition coefficient (Wildman–Crippen LogP) is -0.838. The fraction of sp³-hybridized carbons (Fsp3) is 0.391. The van der Waals surface area contributed by atoms with Crippen molar-refractivity contribution in [2.75, 3.05) is 32.8 Å². The number of hydrogen-bond acceptors (Lipinski definition) is 11. The number of aliphatic hydroxyl groups is 1. The van der Waals surface area contributed by atoms with Crippen molar-refractivity contribution in [3.05, 3.63) is 95.8 Å². The number of carbonyl (C=O) groups is 10. The van der Waals surface area contributed by atoms with Gasteiger partial charge in [0.1, 0.15) is 42.9 Å². The van der Waals surface area contributed by atoms with Crippen LogP contribution >= 0.6 is 0 Å². The van der Waals surface area contributed by atoms with Gasteiger partial charge in [0.25, 0.3) is 11.8 Å². The number of amides is 10. The van der Waals surface area contributed by atoms with E-state index in [1.165, 1.54) is 4.90 Å². The highest BCUT2D eigenvalue weighted by Crippen LogP contribution is 2.41. The molecule has 0 bridgehead atoms. The van der Waals surface area contributed by atoms with Gasteiger partial charge in [-0.15, -0.1) is 0 Å². The summed E-state index contributed by atoms with van der Waals surface area (Å²) in [5.74, 6) is -10.4. The molecule has 10 amide bonds. The number of hydrogen-bond donors (Lipinski definition) is 8. The second-order valence-electron chi connectivity index (χ2n) is 17.1. The number of nitrogens with one attached hydrogen (secondary N) is 5. The number of nitrogens with zero attached hydrogens (tertiary/aromatic N) is 3. The lowest BCUT2D eigenvalue weighted by molar-refractivity contribution is -0.141. The molecule has 0 radical (unpaired) electrons. The third-order valence-electron chi connectivity index (χ3n) is 10.6. The van der Waals surface area contributed by atoms with E-state index in [0.29, 0.717) is 10.6 Å². The minimum absolute atomic E-state index is 0.0722. The summed E-state index contributed by atoms with van der Waals surface area (Å²) in [6.45, 7) is 4.04. The standard InChI is InChI=1S/C46H56F2N10O11/c1-26(60)53-33(20-36(49)61)44(68)55-34(21-37(50)62)45(69)54-32(43(67)52-16-15-51-38(63)24-58-39(64)12-13-40(58)65)14-17-57(41(66)25-59)42(46(2,3)4)35-18-28(30-19-29(47)10-11-31(30)48)23-56(35)22-27-8-6-5-7-9-27/h5-13,18-19,23,32-34,42,59H,14-17,20-22,24-25H2,1-4H3,(H2,49,61)(H2,50,62)(H,51,63)(H,52,67)(H,53,60)(H,54,69)(H,55,68). The molecule has 3 aromatic rings. The van der Waals surface area contributed by atoms with Crippen LogP contribution in [-0.4, -0.2) is 129 Å². The number of primary amides is 2. The first-order chi connectivity index (χ1) is 32.5. The average Bonchev–Trinajstić information content (AvgIpc) is 3.82. The van der Waals surface area contributed by atoms with E-state index in [4.69, 9.17) is 11.5 Å². The van der Waals surface area contributed by atoms with E-state index in [2.05, 4.69) is 26.6 Å². The number of nitrogens with two attached hydrogens (primary N) is 2. The van der Waals surface area contributed by atoms with E-state index in [-0.39, 0.29) is 30.8 Å². The molecule has 4 rings (SSSR count). The molecule has 4 atom stereocenters. The number of imide groups is 1. The minimum atomic E-state index is -1.81. The zero-order valence-electron chi connectivity index (χ0n) is 38.4. The van der Waals surface area contributed by atoms with Gasteiger partial charge in [0, 0.05) is 68.3 Å². The minimum Gasteiger partial charge on any atom is -0.387 e. The molecule has 1 aromatic heterocycles. The monoisotopic (exact) mass is 962 g/mol. The first kappa shape index (κ1) is 53.8. The fourth-order valence-corrected chi connectivity index (χ4v) is 7.55. The first-order valence-electron chi connectivity index (χ1n) is 21.6. The van der Waals surface area contributed by atoms with Crippen LogP contribution < -0.4 is 38.1 Å². The van der Waals surface area contributed by atoms with Crippen LogP contribution in [0, 0.1) is 17.0 Å². The number of aliphatic hydroxyl groups excluding tert-OH is 1. The molecule has 0 aliphatic carbocycles. The molecular weight excluding hydrogens is 907 g/mol. The molecule has 370 valence electrons. The van der Waals surface area contributed by atoms with Gasteiger partial charge >= 0.3 is 0 Å². The summed E-state index contributed by atoms with van der Waals surface area (Å²) in [5, 5.41) is 22.3. The highest BCUT2D eigenvalue weighted by molar-refractivity contribution is 6.14. The number of carbonyl (C=O) groups excluding carboxylic acids is 10. The Morgan fingerprint density at radius 3 is 1.91 bits per heavy atom. The van der Waals surface area contributed by atoms with Crippen LogP contribution in [0.25, 0.3) is 11.1 Å². The van der Waals surface area contributed by atoms with E-state index in [9.17, 15) is 57.4 Å². The maximum Gasteiger partial charge on any atom is 0.254 e. The van der Waals surface area contributed by atoms with Crippen LogP contribution in [0.2, 0.25) is 0 Å². The van der Waals surface area contributed by atoms with Gasteiger partial charge in [-0.2, -0.15) is 0 Å². The van der Waals surface area contributed by atoms with Crippen molar-refractivity contribution in [3.8, 4) is 11.1 Å². The smallest absolute Gasteiger partial charge is 0.254 e. The van der Waals surface area contributed by atoms with E-state index in [1.54, 1.807) is 49.7 Å². The summed E-state index contributed by atoms with van der Waals surface area (Å²) in [7, 11) is 0. The van der Waals surface area contributed by atoms with Gasteiger partial charge in [0.2, 0.25) is 47.3 Å². The van der Waals surface area contributed by atoms with Crippen molar-refractivity contribution in [2.45, 2.75) is 77.7 Å². The van der Waals surface area contributed by atoms with E-state index >= 15 is 4.39 Å². The van der Waals surface area contributed by atoms with Crippen LogP contribution in [0.5, 0.6) is 0 Å². The highest BCUT2D eigenvalue weighted by atomic mass is 19.1. The molecule has 1 aliphatic rings. The van der Waals surface area contributed by atoms with E-state index in [1.807, 2.05) is 18.2 Å². The van der Waals surface area contributed by atoms with Crippen LogP contribution in [0.1, 0.15) is 64.3 Å². The molecule has 2 aromatic carbocycles.